The van der Waals surface area contributed by atoms with E-state index in [2.05, 4.69) is 15.5 Å². The van der Waals surface area contributed by atoms with Crippen molar-refractivity contribution in [2.75, 3.05) is 0 Å². The average Bonchev–Trinajstić information content (AvgIpc) is 2.92. The Bertz CT molecular complexity index is 747. The first-order valence-electron chi connectivity index (χ1n) is 7.19. The van der Waals surface area contributed by atoms with Gasteiger partial charge >= 0.3 is 6.18 Å². The molecule has 128 valence electrons. The standard InChI is InChI=1S/C16H17F3N4O/c1-10(12-4-6-13(7-5-12)16(17,18)19)8-14(24)21-11(2)15-22-20-9-23(15)3/h4-9,11H,1-3H3,(H,21,24)/b10-8+/t11-/m0/s1. The Balaban J connectivity index is 2.07. The van der Waals surface area contributed by atoms with Crippen molar-refractivity contribution in [3.05, 3.63) is 53.6 Å². The lowest BCUT2D eigenvalue weighted by molar-refractivity contribution is -0.137. The van der Waals surface area contributed by atoms with Gasteiger partial charge in [0.05, 0.1) is 11.6 Å². The Hall–Kier alpha value is -2.64. The number of carbonyl (C=O) groups excluding carboxylic acids is 1. The molecule has 0 aliphatic carbocycles. The van der Waals surface area contributed by atoms with Gasteiger partial charge in [0.2, 0.25) is 5.91 Å². The number of halogens is 3. The second-order valence-corrected chi connectivity index (χ2v) is 5.43. The number of allylic oxidation sites excluding steroid dienone is 1. The van der Waals surface area contributed by atoms with E-state index in [0.717, 1.165) is 12.1 Å². The highest BCUT2D eigenvalue weighted by Gasteiger charge is 2.29. The van der Waals surface area contributed by atoms with Crippen LogP contribution in [0, 0.1) is 0 Å². The van der Waals surface area contributed by atoms with Crippen LogP contribution >= 0.6 is 0 Å². The zero-order chi connectivity index (χ0) is 17.9. The van der Waals surface area contributed by atoms with Crippen LogP contribution in [0.25, 0.3) is 5.57 Å². The first-order valence-corrected chi connectivity index (χ1v) is 7.19. The molecule has 1 atom stereocenters. The van der Waals surface area contributed by atoms with Gasteiger partial charge in [0.25, 0.3) is 0 Å². The number of rotatable bonds is 4. The van der Waals surface area contributed by atoms with Crippen LogP contribution in [0.15, 0.2) is 36.7 Å². The molecule has 0 bridgehead atoms. The van der Waals surface area contributed by atoms with E-state index in [-0.39, 0.29) is 11.9 Å². The summed E-state index contributed by atoms with van der Waals surface area (Å²) in [6.45, 7) is 3.43. The second-order valence-electron chi connectivity index (χ2n) is 5.43. The molecule has 0 aliphatic heterocycles. The first kappa shape index (κ1) is 17.7. The highest BCUT2D eigenvalue weighted by Crippen LogP contribution is 2.30. The number of alkyl halides is 3. The van der Waals surface area contributed by atoms with Gasteiger partial charge in [0, 0.05) is 13.1 Å². The van der Waals surface area contributed by atoms with E-state index in [1.54, 1.807) is 25.5 Å². The molecule has 1 aromatic heterocycles. The smallest absolute Gasteiger partial charge is 0.343 e. The molecule has 1 N–H and O–H groups in total. The van der Waals surface area contributed by atoms with Gasteiger partial charge in [-0.3, -0.25) is 4.79 Å². The Labute approximate surface area is 137 Å². The summed E-state index contributed by atoms with van der Waals surface area (Å²) in [6, 6.07) is 4.32. The summed E-state index contributed by atoms with van der Waals surface area (Å²) >= 11 is 0. The SMILES string of the molecule is C/C(=C\C(=O)N[C@@H](C)c1nncn1C)c1ccc(C(F)(F)F)cc1. The van der Waals surface area contributed by atoms with Crippen LogP contribution in [0.1, 0.15) is 36.8 Å². The van der Waals surface area contributed by atoms with Crippen LogP contribution in [-0.4, -0.2) is 20.7 Å². The van der Waals surface area contributed by atoms with Crippen molar-refractivity contribution >= 4 is 11.5 Å². The van der Waals surface area contributed by atoms with Gasteiger partial charge in [-0.2, -0.15) is 13.2 Å². The Morgan fingerprint density at radius 3 is 2.42 bits per heavy atom. The van der Waals surface area contributed by atoms with Gasteiger partial charge < -0.3 is 9.88 Å². The van der Waals surface area contributed by atoms with E-state index in [1.165, 1.54) is 24.5 Å². The third-order valence-corrected chi connectivity index (χ3v) is 3.51. The normalized spacial score (nSPS) is 13.7. The predicted octanol–water partition coefficient (Wildman–Crippen LogP) is 3.11. The monoisotopic (exact) mass is 338 g/mol. The van der Waals surface area contributed by atoms with Crippen LogP contribution in [0.5, 0.6) is 0 Å². The molecule has 0 fully saturated rings. The Morgan fingerprint density at radius 2 is 1.92 bits per heavy atom. The van der Waals surface area contributed by atoms with Crippen molar-refractivity contribution in [1.29, 1.82) is 0 Å². The van der Waals surface area contributed by atoms with Crippen LogP contribution in [0.2, 0.25) is 0 Å². The summed E-state index contributed by atoms with van der Waals surface area (Å²) in [5.41, 5.74) is 0.384. The van der Waals surface area contributed by atoms with Crippen molar-refractivity contribution in [3.63, 3.8) is 0 Å². The van der Waals surface area contributed by atoms with Crippen LogP contribution < -0.4 is 5.32 Å². The number of carbonyl (C=O) groups is 1. The van der Waals surface area contributed by atoms with Gasteiger partial charge in [0.15, 0.2) is 5.82 Å². The molecule has 2 rings (SSSR count). The number of amides is 1. The molecule has 0 radical (unpaired) electrons. The number of nitrogens with zero attached hydrogens (tertiary/aromatic N) is 3. The van der Waals surface area contributed by atoms with E-state index in [4.69, 9.17) is 0 Å². The summed E-state index contributed by atoms with van der Waals surface area (Å²) < 4.78 is 39.3. The second kappa shape index (κ2) is 6.86. The zero-order valence-corrected chi connectivity index (χ0v) is 13.4. The fourth-order valence-corrected chi connectivity index (χ4v) is 2.21. The minimum Gasteiger partial charge on any atom is -0.343 e. The van der Waals surface area contributed by atoms with Crippen molar-refractivity contribution in [1.82, 2.24) is 20.1 Å². The van der Waals surface area contributed by atoms with Crippen molar-refractivity contribution < 1.29 is 18.0 Å². The highest BCUT2D eigenvalue weighted by atomic mass is 19.4. The molecular weight excluding hydrogens is 321 g/mol. The zero-order valence-electron chi connectivity index (χ0n) is 13.4. The number of aromatic nitrogens is 3. The molecule has 1 amide bonds. The minimum atomic E-state index is -4.38. The third-order valence-electron chi connectivity index (χ3n) is 3.51. The predicted molar refractivity (Wildman–Crippen MR) is 82.7 cm³/mol. The minimum absolute atomic E-state index is 0.346. The summed E-state index contributed by atoms with van der Waals surface area (Å²) in [7, 11) is 1.77. The number of aryl methyl sites for hydroxylation is 1. The van der Waals surface area contributed by atoms with Gasteiger partial charge in [-0.15, -0.1) is 10.2 Å². The lowest BCUT2D eigenvalue weighted by Gasteiger charge is -2.12. The molecule has 24 heavy (non-hydrogen) atoms. The maximum absolute atomic E-state index is 12.5. The van der Waals surface area contributed by atoms with Crippen LogP contribution in [0.4, 0.5) is 13.2 Å². The largest absolute Gasteiger partial charge is 0.416 e. The highest BCUT2D eigenvalue weighted by molar-refractivity contribution is 5.95. The molecule has 1 aromatic carbocycles. The van der Waals surface area contributed by atoms with E-state index in [1.807, 2.05) is 0 Å². The molecule has 5 nitrogen and oxygen atoms in total. The number of nitrogens with one attached hydrogen (secondary N) is 1. The molecule has 1 heterocycles. The van der Waals surface area contributed by atoms with Crippen LogP contribution in [-0.2, 0) is 18.0 Å². The number of benzene rings is 1. The molecule has 0 unspecified atom stereocenters. The molecule has 0 saturated heterocycles. The quantitative estimate of drug-likeness (QED) is 0.872. The molecule has 0 aliphatic rings. The fraction of sp³-hybridized carbons (Fsp3) is 0.312. The van der Waals surface area contributed by atoms with Crippen LogP contribution in [0.3, 0.4) is 0 Å². The maximum Gasteiger partial charge on any atom is 0.416 e. The summed E-state index contributed by atoms with van der Waals surface area (Å²) in [4.78, 5) is 12.0. The van der Waals surface area contributed by atoms with E-state index in [0.29, 0.717) is 17.0 Å². The van der Waals surface area contributed by atoms with Gasteiger partial charge in [-0.1, -0.05) is 12.1 Å². The summed E-state index contributed by atoms with van der Waals surface area (Å²) in [5, 5.41) is 10.4. The van der Waals surface area contributed by atoms with E-state index >= 15 is 0 Å². The van der Waals surface area contributed by atoms with Gasteiger partial charge in [-0.05, 0) is 37.1 Å². The fourth-order valence-electron chi connectivity index (χ4n) is 2.21. The summed E-state index contributed by atoms with van der Waals surface area (Å²) in [5.74, 6) is 0.242. The van der Waals surface area contributed by atoms with Crippen molar-refractivity contribution in [2.24, 2.45) is 7.05 Å². The summed E-state index contributed by atoms with van der Waals surface area (Å²) in [6.07, 6.45) is -1.50. The third kappa shape index (κ3) is 4.21. The number of hydrogen-bond donors (Lipinski definition) is 1. The molecular formula is C16H17F3N4O. The van der Waals surface area contributed by atoms with Crippen molar-refractivity contribution in [2.45, 2.75) is 26.1 Å². The lowest BCUT2D eigenvalue weighted by atomic mass is 10.0. The Kier molecular flexibility index (Phi) is 5.06. The number of hydrogen-bond acceptors (Lipinski definition) is 3. The topological polar surface area (TPSA) is 59.8 Å². The van der Waals surface area contributed by atoms with E-state index in [9.17, 15) is 18.0 Å². The molecule has 0 spiro atoms. The molecule has 0 saturated carbocycles. The molecule has 8 heteroatoms. The molecule has 2 aromatic rings. The maximum atomic E-state index is 12.5. The first-order chi connectivity index (χ1) is 11.2. The van der Waals surface area contributed by atoms with E-state index < -0.39 is 11.7 Å². The van der Waals surface area contributed by atoms with Gasteiger partial charge in [0.1, 0.15) is 6.33 Å². The van der Waals surface area contributed by atoms with Crippen molar-refractivity contribution in [3.8, 4) is 0 Å². The average molecular weight is 338 g/mol. The van der Waals surface area contributed by atoms with Gasteiger partial charge in [-0.25, -0.2) is 0 Å². The lowest BCUT2D eigenvalue weighted by Crippen LogP contribution is -2.26. The Morgan fingerprint density at radius 1 is 1.29 bits per heavy atom.